The minimum absolute atomic E-state index is 0.0179. The van der Waals surface area contributed by atoms with Crippen molar-refractivity contribution in [3.8, 4) is 21.8 Å². The van der Waals surface area contributed by atoms with Gasteiger partial charge in [0.05, 0.1) is 33.5 Å². The van der Waals surface area contributed by atoms with Gasteiger partial charge in [-0.25, -0.2) is 45.0 Å². The van der Waals surface area contributed by atoms with Crippen LogP contribution in [0.2, 0.25) is 0 Å². The Morgan fingerprint density at radius 1 is 1.00 bits per heavy atom. The average Bonchev–Trinajstić information content (AvgIpc) is 3.38. The van der Waals surface area contributed by atoms with Crippen LogP contribution in [0.5, 0.6) is 0 Å². The summed E-state index contributed by atoms with van der Waals surface area (Å²) in [4.78, 5) is 15.0. The van der Waals surface area contributed by atoms with Crippen molar-refractivity contribution >= 4 is 48.0 Å². The van der Waals surface area contributed by atoms with E-state index in [2.05, 4.69) is 15.3 Å². The lowest BCUT2D eigenvalue weighted by atomic mass is 9.67. The van der Waals surface area contributed by atoms with Gasteiger partial charge in [-0.05, 0) is 57.0 Å². The molecule has 2 fully saturated rings. The lowest BCUT2D eigenvalue weighted by Crippen LogP contribution is -2.60. The number of halogens is 3. The lowest BCUT2D eigenvalue weighted by Gasteiger charge is -2.53. The van der Waals surface area contributed by atoms with Crippen molar-refractivity contribution in [2.75, 3.05) is 39.5 Å². The van der Waals surface area contributed by atoms with Gasteiger partial charge in [-0.2, -0.15) is 0 Å². The fraction of sp³-hybridized carbons (Fsp3) is 0.345. The molecular formula is C29H29F3N6O4S3. The predicted molar refractivity (Wildman–Crippen MR) is 167 cm³/mol. The molecule has 1 aliphatic carbocycles. The molecular weight excluding hydrogens is 650 g/mol. The Bertz CT molecular complexity index is 1960. The van der Waals surface area contributed by atoms with Crippen molar-refractivity contribution in [1.29, 1.82) is 0 Å². The maximum atomic E-state index is 16.1. The zero-order chi connectivity index (χ0) is 32.1. The highest BCUT2D eigenvalue weighted by molar-refractivity contribution is 7.93. The van der Waals surface area contributed by atoms with Crippen LogP contribution in [-0.2, 0) is 19.9 Å². The zero-order valence-corrected chi connectivity index (χ0v) is 26.7. The highest BCUT2D eigenvalue weighted by atomic mass is 32.2. The first kappa shape index (κ1) is 31.2. The second kappa shape index (κ2) is 11.6. The van der Waals surface area contributed by atoms with Crippen molar-refractivity contribution in [2.45, 2.75) is 37.6 Å². The van der Waals surface area contributed by atoms with E-state index in [1.807, 2.05) is 23.5 Å². The Balaban J connectivity index is 1.34. The second-order valence-corrected chi connectivity index (χ2v) is 15.9. The van der Waals surface area contributed by atoms with Crippen LogP contribution in [0.15, 0.2) is 53.6 Å². The number of hydrogen-bond donors (Lipinski definition) is 2. The first-order valence-electron chi connectivity index (χ1n) is 14.2. The molecule has 10 nitrogen and oxygen atoms in total. The van der Waals surface area contributed by atoms with E-state index in [4.69, 9.17) is 4.98 Å². The number of sulfone groups is 1. The maximum Gasteiger partial charge on any atom is 0.267 e. The normalized spacial score (nSPS) is 17.0. The van der Waals surface area contributed by atoms with E-state index < -0.39 is 47.9 Å². The third kappa shape index (κ3) is 5.97. The Labute approximate surface area is 262 Å². The Morgan fingerprint density at radius 3 is 2.31 bits per heavy atom. The zero-order valence-electron chi connectivity index (χ0n) is 24.2. The van der Waals surface area contributed by atoms with Gasteiger partial charge in [0.1, 0.15) is 11.6 Å². The number of thiazole rings is 1. The summed E-state index contributed by atoms with van der Waals surface area (Å²) in [6.45, 7) is 5.14. The summed E-state index contributed by atoms with van der Waals surface area (Å²) in [7, 11) is -7.76. The van der Waals surface area contributed by atoms with E-state index in [0.29, 0.717) is 47.6 Å². The Morgan fingerprint density at radius 2 is 1.67 bits per heavy atom. The van der Waals surface area contributed by atoms with Crippen LogP contribution in [0.25, 0.3) is 21.8 Å². The summed E-state index contributed by atoms with van der Waals surface area (Å²) >= 11 is 1.28. The standard InChI is InChI=1S/C29H29F3N6O4S3/c1-3-38(4-2)28-36-24(18-7-5-10-21(23(18)32)37-45(41,42)26-19(30)8-6-9-20(26)31)25(43-28)22-11-12-33-27(35-22)34-17-13-29(14-17)15-44(39,40)16-29/h5-12,17,37H,3-4,13-16H2,1-2H3,(H,33,34,35). The molecule has 0 radical (unpaired) electrons. The molecule has 238 valence electrons. The molecule has 1 saturated heterocycles. The van der Waals surface area contributed by atoms with Crippen LogP contribution in [0.3, 0.4) is 0 Å². The van der Waals surface area contributed by atoms with Gasteiger partial charge >= 0.3 is 0 Å². The smallest absolute Gasteiger partial charge is 0.267 e. The van der Waals surface area contributed by atoms with Crippen LogP contribution in [0.4, 0.5) is 29.9 Å². The number of sulfonamides is 1. The van der Waals surface area contributed by atoms with Crippen molar-refractivity contribution in [3.05, 3.63) is 66.1 Å². The highest BCUT2D eigenvalue weighted by Crippen LogP contribution is 2.50. The van der Waals surface area contributed by atoms with Gasteiger partial charge in [0, 0.05) is 36.3 Å². The Hall–Kier alpha value is -3.76. The molecule has 45 heavy (non-hydrogen) atoms. The average molecular weight is 679 g/mol. The van der Waals surface area contributed by atoms with Crippen LogP contribution in [0, 0.1) is 22.9 Å². The van der Waals surface area contributed by atoms with Gasteiger partial charge in [-0.3, -0.25) is 4.72 Å². The molecule has 2 N–H and O–H groups in total. The predicted octanol–water partition coefficient (Wildman–Crippen LogP) is 5.32. The van der Waals surface area contributed by atoms with Gasteiger partial charge in [-0.1, -0.05) is 23.5 Å². The molecule has 0 unspecified atom stereocenters. The summed E-state index contributed by atoms with van der Waals surface area (Å²) in [5, 5.41) is 3.85. The van der Waals surface area contributed by atoms with Crippen molar-refractivity contribution < 1.29 is 30.0 Å². The number of rotatable bonds is 10. The van der Waals surface area contributed by atoms with E-state index in [0.717, 1.165) is 24.3 Å². The van der Waals surface area contributed by atoms with Crippen LogP contribution < -0.4 is 14.9 Å². The maximum absolute atomic E-state index is 16.1. The number of aromatic nitrogens is 3. The fourth-order valence-electron chi connectivity index (χ4n) is 5.97. The van der Waals surface area contributed by atoms with Crippen LogP contribution >= 0.6 is 11.3 Å². The van der Waals surface area contributed by atoms with Crippen molar-refractivity contribution in [2.24, 2.45) is 5.41 Å². The molecule has 0 amide bonds. The van der Waals surface area contributed by atoms with Gasteiger partial charge in [-0.15, -0.1) is 0 Å². The first-order valence-corrected chi connectivity index (χ1v) is 18.3. The van der Waals surface area contributed by atoms with Gasteiger partial charge in [0.2, 0.25) is 5.95 Å². The Kier molecular flexibility index (Phi) is 8.02. The molecule has 1 saturated carbocycles. The number of hydrogen-bond acceptors (Lipinski definition) is 10. The van der Waals surface area contributed by atoms with Crippen LogP contribution in [0.1, 0.15) is 26.7 Å². The van der Waals surface area contributed by atoms with E-state index in [1.165, 1.54) is 23.5 Å². The molecule has 2 aromatic carbocycles. The quantitative estimate of drug-likeness (QED) is 0.229. The molecule has 2 aliphatic rings. The number of benzene rings is 2. The van der Waals surface area contributed by atoms with Gasteiger partial charge in [0.15, 0.2) is 25.7 Å². The summed E-state index contributed by atoms with van der Waals surface area (Å²) < 4.78 is 95.8. The van der Waals surface area contributed by atoms with E-state index in [-0.39, 0.29) is 34.2 Å². The molecule has 0 bridgehead atoms. The van der Waals surface area contributed by atoms with Gasteiger partial charge < -0.3 is 10.2 Å². The summed E-state index contributed by atoms with van der Waals surface area (Å²) in [5.74, 6) is -2.88. The minimum Gasteiger partial charge on any atom is -0.351 e. The summed E-state index contributed by atoms with van der Waals surface area (Å²) in [6.07, 6.45) is 2.95. The van der Waals surface area contributed by atoms with Crippen molar-refractivity contribution in [3.63, 3.8) is 0 Å². The summed E-state index contributed by atoms with van der Waals surface area (Å²) in [5.41, 5.74) is -0.0869. The number of nitrogens with one attached hydrogen (secondary N) is 2. The molecule has 0 atom stereocenters. The molecule has 2 aromatic heterocycles. The molecule has 3 heterocycles. The number of nitrogens with zero attached hydrogens (tertiary/aromatic N) is 4. The first-order chi connectivity index (χ1) is 21.3. The molecule has 16 heteroatoms. The minimum atomic E-state index is -4.83. The van der Waals surface area contributed by atoms with E-state index >= 15 is 4.39 Å². The highest BCUT2D eigenvalue weighted by Gasteiger charge is 2.56. The topological polar surface area (TPSA) is 134 Å². The molecule has 1 aliphatic heterocycles. The molecule has 6 rings (SSSR count). The van der Waals surface area contributed by atoms with Crippen LogP contribution in [-0.4, -0.2) is 62.4 Å². The lowest BCUT2D eigenvalue weighted by molar-refractivity contribution is 0.153. The van der Waals surface area contributed by atoms with Crippen molar-refractivity contribution in [1.82, 2.24) is 15.0 Å². The number of anilines is 3. The third-order valence-electron chi connectivity index (χ3n) is 7.97. The monoisotopic (exact) mass is 678 g/mol. The molecule has 4 aromatic rings. The SMILES string of the molecule is CCN(CC)c1nc(-c2cccc(NS(=O)(=O)c3c(F)cccc3F)c2F)c(-c2ccnc(NC3CC4(C3)CS(=O)(=O)C4)n2)s1. The van der Waals surface area contributed by atoms with E-state index in [9.17, 15) is 25.6 Å². The third-order valence-corrected chi connectivity index (χ3v) is 12.6. The van der Waals surface area contributed by atoms with Gasteiger partial charge in [0.25, 0.3) is 10.0 Å². The van der Waals surface area contributed by atoms with E-state index in [1.54, 1.807) is 12.3 Å². The fourth-order valence-corrected chi connectivity index (χ4v) is 10.6. The molecule has 1 spiro atoms. The largest absolute Gasteiger partial charge is 0.351 e. The second-order valence-electron chi connectivity index (χ2n) is 11.2. The summed E-state index contributed by atoms with van der Waals surface area (Å²) in [6, 6.07) is 8.29.